The van der Waals surface area contributed by atoms with Gasteiger partial charge in [0.2, 0.25) is 15.9 Å². The highest BCUT2D eigenvalue weighted by atomic mass is 32.2. The van der Waals surface area contributed by atoms with Crippen molar-refractivity contribution in [2.75, 3.05) is 4.90 Å². The molecule has 0 aliphatic carbocycles. The fourth-order valence-corrected chi connectivity index (χ4v) is 5.37. The van der Waals surface area contributed by atoms with E-state index >= 15 is 0 Å². The smallest absolute Gasteiger partial charge is 0.241 e. The molecule has 0 saturated heterocycles. The van der Waals surface area contributed by atoms with E-state index in [4.69, 9.17) is 0 Å². The van der Waals surface area contributed by atoms with E-state index in [2.05, 4.69) is 14.8 Å². The van der Waals surface area contributed by atoms with Crippen molar-refractivity contribution < 1.29 is 13.2 Å². The summed E-state index contributed by atoms with van der Waals surface area (Å²) in [5, 5.41) is 4.32. The number of rotatable bonds is 3. The van der Waals surface area contributed by atoms with Crippen molar-refractivity contribution in [2.45, 2.75) is 63.6 Å². The summed E-state index contributed by atoms with van der Waals surface area (Å²) in [5.74, 6) is 1.28. The summed E-state index contributed by atoms with van der Waals surface area (Å²) in [5.41, 5.74) is 1.67. The largest absolute Gasteiger partial charge is 0.309 e. The van der Waals surface area contributed by atoms with E-state index in [9.17, 15) is 13.2 Å². The monoisotopic (exact) mass is 389 g/mol. The number of anilines is 1. The predicted octanol–water partition coefficient (Wildman–Crippen LogP) is 1.70. The highest BCUT2D eigenvalue weighted by molar-refractivity contribution is 7.89. The van der Waals surface area contributed by atoms with Gasteiger partial charge in [0.05, 0.1) is 10.9 Å². The summed E-state index contributed by atoms with van der Waals surface area (Å²) in [7, 11) is -3.70. The molecule has 3 heterocycles. The molecule has 0 radical (unpaired) electrons. The summed E-state index contributed by atoms with van der Waals surface area (Å²) in [4.78, 5) is 18.2. The van der Waals surface area contributed by atoms with Gasteiger partial charge in [-0.15, -0.1) is 0 Å². The van der Waals surface area contributed by atoms with Gasteiger partial charge < -0.3 is 4.90 Å². The molecule has 1 aromatic heterocycles. The number of fused-ring (bicyclic) bond motifs is 2. The van der Waals surface area contributed by atoms with Crippen LogP contribution in [-0.4, -0.2) is 35.1 Å². The van der Waals surface area contributed by atoms with E-state index < -0.39 is 10.0 Å². The van der Waals surface area contributed by atoms with Gasteiger partial charge in [-0.2, -0.15) is 5.10 Å². The first-order valence-corrected chi connectivity index (χ1v) is 10.6. The average Bonchev–Trinajstić information content (AvgIpc) is 3.12. The van der Waals surface area contributed by atoms with Gasteiger partial charge in [0.25, 0.3) is 0 Å². The molecule has 0 spiro atoms. The third kappa shape index (κ3) is 3.14. The Morgan fingerprint density at radius 3 is 2.85 bits per heavy atom. The van der Waals surface area contributed by atoms with Crippen LogP contribution in [0, 0.1) is 6.92 Å². The van der Waals surface area contributed by atoms with Crippen molar-refractivity contribution in [3.8, 4) is 0 Å². The number of nitrogens with one attached hydrogen (secondary N) is 1. The minimum absolute atomic E-state index is 0.0308. The fraction of sp³-hybridized carbons (Fsp3) is 0.500. The number of carbonyl (C=O) groups is 1. The molecule has 0 bridgehead atoms. The topological polar surface area (TPSA) is 97.2 Å². The maximum Gasteiger partial charge on any atom is 0.241 e. The van der Waals surface area contributed by atoms with Gasteiger partial charge in [0, 0.05) is 25.2 Å². The molecule has 2 atom stereocenters. The Balaban J connectivity index is 1.63. The van der Waals surface area contributed by atoms with Crippen molar-refractivity contribution >= 4 is 21.6 Å². The van der Waals surface area contributed by atoms with Crippen LogP contribution >= 0.6 is 0 Å². The van der Waals surface area contributed by atoms with E-state index in [0.717, 1.165) is 24.2 Å². The number of aryl methyl sites for hydroxylation is 2. The van der Waals surface area contributed by atoms with Crippen LogP contribution < -0.4 is 9.62 Å². The third-order valence-corrected chi connectivity index (χ3v) is 6.66. The maximum absolute atomic E-state index is 13.0. The number of hydrogen-bond donors (Lipinski definition) is 1. The van der Waals surface area contributed by atoms with Crippen molar-refractivity contribution in [1.29, 1.82) is 0 Å². The zero-order valence-corrected chi connectivity index (χ0v) is 16.5. The molecule has 8 nitrogen and oxygen atoms in total. The second kappa shape index (κ2) is 6.42. The predicted molar refractivity (Wildman–Crippen MR) is 99.8 cm³/mol. The number of benzene rings is 1. The van der Waals surface area contributed by atoms with E-state index in [0.29, 0.717) is 24.5 Å². The van der Waals surface area contributed by atoms with Gasteiger partial charge in [0.15, 0.2) is 0 Å². The first-order valence-electron chi connectivity index (χ1n) is 9.12. The van der Waals surface area contributed by atoms with E-state index in [1.165, 1.54) is 6.92 Å². The van der Waals surface area contributed by atoms with Gasteiger partial charge >= 0.3 is 0 Å². The molecule has 0 fully saturated rings. The van der Waals surface area contributed by atoms with E-state index in [1.807, 2.05) is 6.92 Å². The second-order valence-corrected chi connectivity index (χ2v) is 9.00. The van der Waals surface area contributed by atoms with Crippen LogP contribution in [0.1, 0.15) is 49.9 Å². The highest BCUT2D eigenvalue weighted by Gasteiger charge is 2.32. The van der Waals surface area contributed by atoms with E-state index in [-0.39, 0.29) is 22.9 Å². The quantitative estimate of drug-likeness (QED) is 0.862. The standard InChI is InChI=1S/C18H23N5O3S/c1-11-9-14-10-15(6-7-17(14)23(11)13(3)24)27(25,26)21-16-5-4-8-22-18(16)19-12(2)20-22/h6-7,10-11,16,21H,4-5,8-9H2,1-3H3/t11-,16-/m1/s1. The number of hydrogen-bond acceptors (Lipinski definition) is 5. The summed E-state index contributed by atoms with van der Waals surface area (Å²) in [6.07, 6.45) is 2.19. The Morgan fingerprint density at radius 1 is 1.33 bits per heavy atom. The Bertz CT molecular complexity index is 1010. The first kappa shape index (κ1) is 18.1. The van der Waals surface area contributed by atoms with Crippen molar-refractivity contribution in [3.63, 3.8) is 0 Å². The molecule has 1 amide bonds. The highest BCUT2D eigenvalue weighted by Crippen LogP contribution is 2.34. The minimum atomic E-state index is -3.70. The number of nitrogens with zero attached hydrogens (tertiary/aromatic N) is 4. The molecule has 0 saturated carbocycles. The lowest BCUT2D eigenvalue weighted by Gasteiger charge is -2.23. The van der Waals surface area contributed by atoms with Gasteiger partial charge in [-0.1, -0.05) is 0 Å². The van der Waals surface area contributed by atoms with Crippen LogP contribution in [0.4, 0.5) is 5.69 Å². The van der Waals surface area contributed by atoms with Crippen molar-refractivity contribution in [1.82, 2.24) is 19.5 Å². The molecule has 0 unspecified atom stereocenters. The van der Waals surface area contributed by atoms with Crippen molar-refractivity contribution in [2.24, 2.45) is 0 Å². The Labute approximate surface area is 158 Å². The van der Waals surface area contributed by atoms with Gasteiger partial charge in [-0.25, -0.2) is 22.8 Å². The Morgan fingerprint density at radius 2 is 2.11 bits per heavy atom. The minimum Gasteiger partial charge on any atom is -0.309 e. The van der Waals surface area contributed by atoms with Gasteiger partial charge in [0.1, 0.15) is 11.6 Å². The van der Waals surface area contributed by atoms with Crippen LogP contribution in [0.3, 0.4) is 0 Å². The molecular weight excluding hydrogens is 366 g/mol. The maximum atomic E-state index is 13.0. The van der Waals surface area contributed by atoms with Crippen LogP contribution in [0.5, 0.6) is 0 Å². The van der Waals surface area contributed by atoms with Crippen LogP contribution in [0.2, 0.25) is 0 Å². The van der Waals surface area contributed by atoms with E-state index in [1.54, 1.807) is 34.7 Å². The molecule has 2 aliphatic rings. The number of sulfonamides is 1. The fourth-order valence-electron chi connectivity index (χ4n) is 4.09. The lowest BCUT2D eigenvalue weighted by atomic mass is 10.1. The van der Waals surface area contributed by atoms with Gasteiger partial charge in [-0.05, 0) is 56.9 Å². The molecule has 27 heavy (non-hydrogen) atoms. The van der Waals surface area contributed by atoms with Gasteiger partial charge in [-0.3, -0.25) is 4.79 Å². The summed E-state index contributed by atoms with van der Waals surface area (Å²) < 4.78 is 30.5. The molecule has 4 rings (SSSR count). The zero-order chi connectivity index (χ0) is 19.3. The molecule has 2 aliphatic heterocycles. The molecule has 9 heteroatoms. The SMILES string of the molecule is CC(=O)N1c2ccc(S(=O)(=O)N[C@@H]3CCCn4nc(C)nc43)cc2C[C@H]1C. The molecular formula is C18H23N5O3S. The average molecular weight is 389 g/mol. The second-order valence-electron chi connectivity index (χ2n) is 7.29. The normalized spacial score (nSPS) is 21.8. The zero-order valence-electron chi connectivity index (χ0n) is 15.6. The summed E-state index contributed by atoms with van der Waals surface area (Å²) in [6.45, 7) is 6.05. The summed E-state index contributed by atoms with van der Waals surface area (Å²) >= 11 is 0. The lowest BCUT2D eigenvalue weighted by molar-refractivity contribution is -0.116. The van der Waals surface area contributed by atoms with Crippen molar-refractivity contribution in [3.05, 3.63) is 35.4 Å². The molecule has 144 valence electrons. The lowest BCUT2D eigenvalue weighted by Crippen LogP contribution is -2.33. The van der Waals surface area contributed by atoms with Crippen LogP contribution in [0.15, 0.2) is 23.1 Å². The molecule has 2 aromatic rings. The summed E-state index contributed by atoms with van der Waals surface area (Å²) in [6, 6.07) is 4.61. The molecule has 1 N–H and O–H groups in total. The third-order valence-electron chi connectivity index (χ3n) is 5.19. The van der Waals surface area contributed by atoms with Crippen LogP contribution in [0.25, 0.3) is 0 Å². The Kier molecular flexibility index (Phi) is 4.31. The molecule has 1 aromatic carbocycles. The number of amides is 1. The first-order chi connectivity index (χ1) is 12.8. The van der Waals surface area contributed by atoms with Crippen LogP contribution in [-0.2, 0) is 27.8 Å². The number of aromatic nitrogens is 3. The Hall–Kier alpha value is -2.26. The number of carbonyl (C=O) groups excluding carboxylic acids is 1.